The van der Waals surface area contributed by atoms with Crippen LogP contribution >= 0.6 is 0 Å². The first kappa shape index (κ1) is 25.8. The molecule has 200 valence electrons. The van der Waals surface area contributed by atoms with Gasteiger partial charge in [0, 0.05) is 6.42 Å². The zero-order valence-electron chi connectivity index (χ0n) is 19.5. The number of fused-ring (bicyclic) bond motifs is 1. The van der Waals surface area contributed by atoms with Crippen LogP contribution in [-0.4, -0.2) is 112 Å². The Morgan fingerprint density at radius 3 is 2.41 bits per heavy atom. The summed E-state index contributed by atoms with van der Waals surface area (Å²) in [6.07, 6.45) is -10.9. The number of aliphatic hydroxyl groups is 6. The number of nitrogen functional groups attached to an aromatic ring is 1. The van der Waals surface area contributed by atoms with E-state index in [9.17, 15) is 30.6 Å². The molecular weight excluding hydrogens is 490 g/mol. The fraction of sp³-hybridized carbons (Fsp3) is 0.522. The third-order valence-electron chi connectivity index (χ3n) is 6.74. The lowest BCUT2D eigenvalue weighted by Crippen LogP contribution is -2.60. The van der Waals surface area contributed by atoms with E-state index in [0.29, 0.717) is 11.2 Å². The second-order valence-corrected chi connectivity index (χ2v) is 9.12. The molecule has 0 amide bonds. The van der Waals surface area contributed by atoms with Crippen LogP contribution in [0.2, 0.25) is 0 Å². The Morgan fingerprint density at radius 1 is 0.919 bits per heavy atom. The van der Waals surface area contributed by atoms with E-state index in [0.717, 1.165) is 5.56 Å². The van der Waals surface area contributed by atoms with Crippen molar-refractivity contribution in [3.63, 3.8) is 0 Å². The summed E-state index contributed by atoms with van der Waals surface area (Å²) < 4.78 is 19.0. The molecule has 2 aromatic heterocycles. The summed E-state index contributed by atoms with van der Waals surface area (Å²) in [6, 6.07) is 9.09. The summed E-state index contributed by atoms with van der Waals surface area (Å²) in [5, 5.41) is 62.3. The Morgan fingerprint density at radius 2 is 1.68 bits per heavy atom. The van der Waals surface area contributed by atoms with E-state index in [1.54, 1.807) is 0 Å². The molecule has 2 aliphatic rings. The number of aromatic nitrogens is 4. The van der Waals surface area contributed by atoms with E-state index in [4.69, 9.17) is 19.9 Å². The zero-order chi connectivity index (χ0) is 26.3. The predicted molar refractivity (Wildman–Crippen MR) is 124 cm³/mol. The van der Waals surface area contributed by atoms with Gasteiger partial charge in [0.2, 0.25) is 0 Å². The maximum absolute atomic E-state index is 11.0. The van der Waals surface area contributed by atoms with Crippen LogP contribution in [0.15, 0.2) is 43.0 Å². The first-order valence-corrected chi connectivity index (χ1v) is 11.7. The van der Waals surface area contributed by atoms with Crippen molar-refractivity contribution in [2.75, 3.05) is 12.3 Å². The zero-order valence-corrected chi connectivity index (χ0v) is 19.5. The monoisotopic (exact) mass is 519 g/mol. The summed E-state index contributed by atoms with van der Waals surface area (Å²) in [5.41, 5.74) is 7.24. The third-order valence-corrected chi connectivity index (χ3v) is 6.74. The highest BCUT2D eigenvalue weighted by atomic mass is 16.7. The van der Waals surface area contributed by atoms with Gasteiger partial charge >= 0.3 is 0 Å². The molecule has 14 heteroatoms. The van der Waals surface area contributed by atoms with Gasteiger partial charge in [0.05, 0.1) is 19.0 Å². The van der Waals surface area contributed by atoms with Gasteiger partial charge in [-0.05, 0) is 5.56 Å². The Bertz CT molecular complexity index is 1200. The van der Waals surface area contributed by atoms with Crippen LogP contribution < -0.4 is 5.73 Å². The Balaban J connectivity index is 1.44. The van der Waals surface area contributed by atoms with Crippen molar-refractivity contribution < 1.29 is 44.8 Å². The number of nitrogens with two attached hydrogens (primary N) is 1. The Labute approximate surface area is 210 Å². The van der Waals surface area contributed by atoms with Crippen LogP contribution in [0.3, 0.4) is 0 Å². The smallest absolute Gasteiger partial charge is 0.187 e. The van der Waals surface area contributed by atoms with Gasteiger partial charge in [0.1, 0.15) is 54.6 Å². The predicted octanol–water partition coefficient (Wildman–Crippen LogP) is -2.54. The van der Waals surface area contributed by atoms with Crippen LogP contribution in [0.4, 0.5) is 5.82 Å². The number of aliphatic hydroxyl groups excluding tert-OH is 6. The lowest BCUT2D eigenvalue weighted by Gasteiger charge is -2.41. The first-order chi connectivity index (χ1) is 17.8. The van der Waals surface area contributed by atoms with Crippen molar-refractivity contribution in [1.29, 1.82) is 0 Å². The molecule has 2 aliphatic heterocycles. The molecule has 1 aromatic carbocycles. The molecule has 0 radical (unpaired) electrons. The molecule has 14 nitrogen and oxygen atoms in total. The highest BCUT2D eigenvalue weighted by molar-refractivity contribution is 5.81. The molecule has 8 N–H and O–H groups in total. The van der Waals surface area contributed by atoms with Crippen LogP contribution in [0, 0.1) is 0 Å². The quantitative estimate of drug-likeness (QED) is 0.171. The molecule has 0 bridgehead atoms. The number of rotatable bonds is 7. The molecule has 0 saturated carbocycles. The third kappa shape index (κ3) is 4.79. The number of anilines is 1. The summed E-state index contributed by atoms with van der Waals surface area (Å²) in [5.74, 6) is 0.140. The number of benzene rings is 1. The van der Waals surface area contributed by atoms with Gasteiger partial charge in [-0.3, -0.25) is 4.57 Å². The van der Waals surface area contributed by atoms with Gasteiger partial charge in [-0.1, -0.05) is 30.3 Å². The lowest BCUT2D eigenvalue weighted by molar-refractivity contribution is -0.319. The normalized spacial score (nSPS) is 35.1. The molecule has 37 heavy (non-hydrogen) atoms. The summed E-state index contributed by atoms with van der Waals surface area (Å²) in [4.78, 5) is 12.2. The van der Waals surface area contributed by atoms with Crippen molar-refractivity contribution in [1.82, 2.24) is 19.5 Å². The van der Waals surface area contributed by atoms with E-state index >= 15 is 0 Å². The van der Waals surface area contributed by atoms with Gasteiger partial charge in [-0.15, -0.1) is 0 Å². The molecule has 2 saturated heterocycles. The molecule has 0 aliphatic carbocycles. The number of hydrogen-bond acceptors (Lipinski definition) is 13. The van der Waals surface area contributed by atoms with Gasteiger partial charge < -0.3 is 50.6 Å². The van der Waals surface area contributed by atoms with E-state index in [2.05, 4.69) is 15.0 Å². The number of ether oxygens (including phenoxy) is 3. The summed E-state index contributed by atoms with van der Waals surface area (Å²) >= 11 is 0. The molecule has 3 aromatic rings. The van der Waals surface area contributed by atoms with Gasteiger partial charge in [-0.2, -0.15) is 0 Å². The minimum Gasteiger partial charge on any atom is -0.394 e. The van der Waals surface area contributed by atoms with Gasteiger partial charge in [-0.25, -0.2) is 15.0 Å². The maximum Gasteiger partial charge on any atom is 0.187 e. The van der Waals surface area contributed by atoms with Crippen LogP contribution in [-0.2, 0) is 20.6 Å². The van der Waals surface area contributed by atoms with Crippen LogP contribution in [0.25, 0.3) is 11.2 Å². The Kier molecular flexibility index (Phi) is 7.35. The van der Waals surface area contributed by atoms with E-state index in [-0.39, 0.29) is 12.2 Å². The fourth-order valence-corrected chi connectivity index (χ4v) is 4.72. The standard InChI is InChI=1S/C23H29N5O9/c24-20-13-21(26-8-25-20)28(9-27-13)22-17(33)16(32)19(37-22)11(6-10-4-2-1-3-5-10)35-23-18(34)15(31)14(30)12(7-29)36-23/h1-5,8-9,11-12,14-19,22-23,29-34H,6-7H2,(H2,24,25,26)/t11?,12-,14-,15+,16+,17-,18+,19-,22-,23+/m1/s1. The summed E-state index contributed by atoms with van der Waals surface area (Å²) in [7, 11) is 0. The lowest BCUT2D eigenvalue weighted by atomic mass is 9.97. The van der Waals surface area contributed by atoms with Crippen LogP contribution in [0.5, 0.6) is 0 Å². The van der Waals surface area contributed by atoms with Gasteiger partial charge in [0.25, 0.3) is 0 Å². The van der Waals surface area contributed by atoms with E-state index in [1.807, 2.05) is 30.3 Å². The molecular formula is C23H29N5O9. The van der Waals surface area contributed by atoms with Crippen molar-refractivity contribution in [2.24, 2.45) is 0 Å². The largest absolute Gasteiger partial charge is 0.394 e. The fourth-order valence-electron chi connectivity index (χ4n) is 4.72. The Hall–Kier alpha value is -2.79. The average molecular weight is 520 g/mol. The molecule has 5 rings (SSSR count). The first-order valence-electron chi connectivity index (χ1n) is 11.7. The minimum absolute atomic E-state index is 0.140. The van der Waals surface area contributed by atoms with Crippen molar-refractivity contribution in [3.8, 4) is 0 Å². The highest BCUT2D eigenvalue weighted by Gasteiger charge is 2.51. The minimum atomic E-state index is -1.66. The van der Waals surface area contributed by atoms with E-state index in [1.165, 1.54) is 17.2 Å². The highest BCUT2D eigenvalue weighted by Crippen LogP contribution is 2.36. The average Bonchev–Trinajstić information content (AvgIpc) is 3.46. The topological polar surface area (TPSA) is 219 Å². The second-order valence-electron chi connectivity index (χ2n) is 9.12. The number of hydrogen-bond donors (Lipinski definition) is 7. The van der Waals surface area contributed by atoms with Crippen LogP contribution in [0.1, 0.15) is 11.8 Å². The summed E-state index contributed by atoms with van der Waals surface area (Å²) in [6.45, 7) is -0.629. The number of nitrogens with zero attached hydrogens (tertiary/aromatic N) is 4. The molecule has 0 spiro atoms. The van der Waals surface area contributed by atoms with Crippen molar-refractivity contribution >= 4 is 17.0 Å². The number of imidazole rings is 1. The van der Waals surface area contributed by atoms with E-state index < -0.39 is 68.0 Å². The second kappa shape index (κ2) is 10.5. The molecule has 2 fully saturated rings. The van der Waals surface area contributed by atoms with Gasteiger partial charge in [0.15, 0.2) is 24.0 Å². The van der Waals surface area contributed by atoms with Crippen molar-refractivity contribution in [3.05, 3.63) is 48.5 Å². The molecule has 4 heterocycles. The SMILES string of the molecule is Nc1ncnc2c1ncn2[C@@H]1O[C@H](C(Cc2ccccc2)O[C@H]2O[C@H](CO)[C@@H](O)[C@H](O)[C@@H]2O)[C@@H](O)[C@H]1O. The maximum atomic E-state index is 11.0. The molecule has 10 atom stereocenters. The molecule has 1 unspecified atom stereocenters. The van der Waals surface area contributed by atoms with Crippen molar-refractivity contribution in [2.45, 2.75) is 67.8 Å².